The summed E-state index contributed by atoms with van der Waals surface area (Å²) in [5.74, 6) is -0.828. The van der Waals surface area contributed by atoms with Crippen molar-refractivity contribution in [1.29, 1.82) is 0 Å². The maximum Gasteiger partial charge on any atom is 0.438 e. The molecule has 8 heteroatoms. The van der Waals surface area contributed by atoms with Gasteiger partial charge < -0.3 is 9.84 Å². The van der Waals surface area contributed by atoms with Crippen LogP contribution in [-0.2, 0) is 16.0 Å². The number of aliphatic hydroxyl groups is 1. The second-order valence-electron chi connectivity index (χ2n) is 7.54. The Balaban J connectivity index is 2.32. The highest BCUT2D eigenvalue weighted by Gasteiger charge is 2.58. The molecule has 2 rings (SSSR count). The van der Waals surface area contributed by atoms with Gasteiger partial charge in [-0.25, -0.2) is 0 Å². The fraction of sp³-hybridized carbons (Fsp3) is 0.478. The van der Waals surface area contributed by atoms with E-state index in [2.05, 4.69) is 5.10 Å². The minimum absolute atomic E-state index is 0.0854. The van der Waals surface area contributed by atoms with E-state index in [0.29, 0.717) is 12.0 Å². The molecule has 3 atom stereocenters. The number of halogens is 3. The van der Waals surface area contributed by atoms with Crippen molar-refractivity contribution in [1.82, 2.24) is 5.01 Å². The lowest BCUT2D eigenvalue weighted by Crippen LogP contribution is -2.58. The van der Waals surface area contributed by atoms with Gasteiger partial charge in [0.2, 0.25) is 5.91 Å². The number of methoxy groups -OCH3 is 1. The predicted octanol–water partition coefficient (Wildman–Crippen LogP) is 4.63. The molecule has 0 saturated carbocycles. The van der Waals surface area contributed by atoms with Crippen molar-refractivity contribution in [3.63, 3.8) is 0 Å². The number of carbonyl (C=O) groups excluding carboxylic acids is 1. The number of rotatable bonds is 8. The number of ether oxygens (including phenoxy) is 1. The monoisotopic (exact) mass is 438 g/mol. The number of amides is 1. The van der Waals surface area contributed by atoms with Gasteiger partial charge in [-0.15, -0.1) is 0 Å². The average Bonchev–Trinajstić information content (AvgIpc) is 2.92. The highest BCUT2D eigenvalue weighted by molar-refractivity contribution is 5.82. The van der Waals surface area contributed by atoms with Crippen molar-refractivity contribution in [2.45, 2.75) is 57.5 Å². The minimum Gasteiger partial charge on any atom is -0.377 e. The standard InChI is InChI=1S/C23H29F3N2O3/c1-4-22(30,23(24,25)26)28(21(29)14-13-18-10-6-5-7-11-18)27-16-19-12-8-9-17(2)20(15-19)31-3/h5-11,15-17,20,30H,4,12-14H2,1-3H3/b27-16+. The van der Waals surface area contributed by atoms with Gasteiger partial charge in [0, 0.05) is 25.9 Å². The van der Waals surface area contributed by atoms with Gasteiger partial charge in [-0.3, -0.25) is 4.79 Å². The van der Waals surface area contributed by atoms with Crippen LogP contribution in [0.2, 0.25) is 0 Å². The molecule has 1 aromatic rings. The first-order valence-corrected chi connectivity index (χ1v) is 10.2. The van der Waals surface area contributed by atoms with Crippen molar-refractivity contribution in [3.8, 4) is 0 Å². The molecule has 0 bridgehead atoms. The van der Waals surface area contributed by atoms with E-state index >= 15 is 0 Å². The van der Waals surface area contributed by atoms with E-state index < -0.39 is 24.2 Å². The summed E-state index contributed by atoms with van der Waals surface area (Å²) in [4.78, 5) is 12.8. The van der Waals surface area contributed by atoms with Crippen molar-refractivity contribution < 1.29 is 27.8 Å². The first kappa shape index (κ1) is 24.8. The molecular weight excluding hydrogens is 409 g/mol. The van der Waals surface area contributed by atoms with Crippen LogP contribution in [0.15, 0.2) is 59.2 Å². The largest absolute Gasteiger partial charge is 0.438 e. The van der Waals surface area contributed by atoms with Gasteiger partial charge >= 0.3 is 6.18 Å². The summed E-state index contributed by atoms with van der Waals surface area (Å²) < 4.78 is 46.5. The number of nitrogens with zero attached hydrogens (tertiary/aromatic N) is 2. The molecular formula is C23H29F3N2O3. The summed E-state index contributed by atoms with van der Waals surface area (Å²) in [6.45, 7) is 3.12. The maximum absolute atomic E-state index is 13.7. The van der Waals surface area contributed by atoms with Gasteiger partial charge in [0.05, 0.1) is 12.3 Å². The fourth-order valence-corrected chi connectivity index (χ4v) is 3.31. The highest BCUT2D eigenvalue weighted by Crippen LogP contribution is 2.37. The van der Waals surface area contributed by atoms with Crippen LogP contribution < -0.4 is 0 Å². The molecule has 0 saturated heterocycles. The molecule has 1 aliphatic rings. The Bertz CT molecular complexity index is 821. The second-order valence-corrected chi connectivity index (χ2v) is 7.54. The van der Waals surface area contributed by atoms with Crippen LogP contribution in [0.4, 0.5) is 13.2 Å². The van der Waals surface area contributed by atoms with E-state index in [0.717, 1.165) is 12.5 Å². The van der Waals surface area contributed by atoms with E-state index in [9.17, 15) is 23.1 Å². The molecule has 0 fully saturated rings. The lowest BCUT2D eigenvalue weighted by Gasteiger charge is -2.36. The number of allylic oxidation sites excluding steroid dienone is 2. The quantitative estimate of drug-likeness (QED) is 0.279. The number of aryl methyl sites for hydroxylation is 1. The van der Waals surface area contributed by atoms with E-state index in [1.165, 1.54) is 6.21 Å². The Morgan fingerprint density at radius 2 is 2.00 bits per heavy atom. The normalized spacial score (nSPS) is 21.5. The first-order valence-electron chi connectivity index (χ1n) is 10.2. The van der Waals surface area contributed by atoms with Crippen molar-refractivity contribution in [2.24, 2.45) is 11.0 Å². The first-order chi connectivity index (χ1) is 14.6. The van der Waals surface area contributed by atoms with Crippen LogP contribution in [0.1, 0.15) is 38.7 Å². The zero-order valence-corrected chi connectivity index (χ0v) is 18.0. The third kappa shape index (κ3) is 6.27. The molecule has 0 radical (unpaired) electrons. The van der Waals surface area contributed by atoms with E-state index in [1.807, 2.05) is 25.1 Å². The average molecular weight is 438 g/mol. The molecule has 3 unspecified atom stereocenters. The van der Waals surface area contributed by atoms with Gasteiger partial charge in [0.1, 0.15) is 0 Å². The Morgan fingerprint density at radius 3 is 2.58 bits per heavy atom. The zero-order valence-electron chi connectivity index (χ0n) is 18.0. The van der Waals surface area contributed by atoms with Gasteiger partial charge in [0.25, 0.3) is 5.72 Å². The Kier molecular flexibility index (Phi) is 8.59. The molecule has 5 nitrogen and oxygen atoms in total. The highest BCUT2D eigenvalue weighted by atomic mass is 19.4. The molecule has 0 heterocycles. The maximum atomic E-state index is 13.7. The minimum atomic E-state index is -5.07. The van der Waals surface area contributed by atoms with Crippen molar-refractivity contribution >= 4 is 12.1 Å². The number of hydrogen-bond donors (Lipinski definition) is 1. The SMILES string of the molecule is CCC(O)(N(/N=C/C1=CC(OC)C(C)C=CC1)C(=O)CCc1ccccc1)C(F)(F)F. The Morgan fingerprint density at radius 1 is 1.32 bits per heavy atom. The van der Waals surface area contributed by atoms with Crippen LogP contribution >= 0.6 is 0 Å². The smallest absolute Gasteiger partial charge is 0.377 e. The summed E-state index contributed by atoms with van der Waals surface area (Å²) in [5.41, 5.74) is -2.00. The molecule has 31 heavy (non-hydrogen) atoms. The van der Waals surface area contributed by atoms with Crippen LogP contribution in [0.5, 0.6) is 0 Å². The van der Waals surface area contributed by atoms with Gasteiger partial charge in [-0.05, 0) is 24.0 Å². The summed E-state index contributed by atoms with van der Waals surface area (Å²) in [5, 5.41) is 14.4. The van der Waals surface area contributed by atoms with E-state index in [1.54, 1.807) is 37.5 Å². The van der Waals surface area contributed by atoms with E-state index in [-0.39, 0.29) is 29.9 Å². The second kappa shape index (κ2) is 10.7. The molecule has 1 N–H and O–H groups in total. The molecule has 170 valence electrons. The number of alkyl halides is 3. The lowest BCUT2D eigenvalue weighted by atomic mass is 10.0. The summed E-state index contributed by atoms with van der Waals surface area (Å²) >= 11 is 0. The van der Waals surface area contributed by atoms with Gasteiger partial charge in [0.15, 0.2) is 0 Å². The number of hydrogen-bond acceptors (Lipinski definition) is 4. The van der Waals surface area contributed by atoms with Crippen molar-refractivity contribution in [3.05, 3.63) is 59.7 Å². The topological polar surface area (TPSA) is 62.1 Å². The summed E-state index contributed by atoms with van der Waals surface area (Å²) in [6, 6.07) is 8.95. The number of hydrazone groups is 1. The van der Waals surface area contributed by atoms with Gasteiger partial charge in [-0.2, -0.15) is 23.3 Å². The molecule has 1 aliphatic carbocycles. The van der Waals surface area contributed by atoms with E-state index in [4.69, 9.17) is 4.74 Å². The van der Waals surface area contributed by atoms with Crippen LogP contribution in [0.3, 0.4) is 0 Å². The predicted molar refractivity (Wildman–Crippen MR) is 113 cm³/mol. The fourth-order valence-electron chi connectivity index (χ4n) is 3.31. The molecule has 0 spiro atoms. The third-order valence-corrected chi connectivity index (χ3v) is 5.30. The Hall–Kier alpha value is -2.45. The van der Waals surface area contributed by atoms with Crippen LogP contribution in [0.25, 0.3) is 0 Å². The van der Waals surface area contributed by atoms with Crippen LogP contribution in [-0.4, -0.2) is 47.4 Å². The number of carbonyl (C=O) groups is 1. The third-order valence-electron chi connectivity index (χ3n) is 5.30. The zero-order chi connectivity index (χ0) is 23.1. The summed E-state index contributed by atoms with van der Waals surface area (Å²) in [7, 11) is 1.55. The molecule has 0 aromatic heterocycles. The van der Waals surface area contributed by atoms with Crippen molar-refractivity contribution in [2.75, 3.05) is 7.11 Å². The molecule has 1 aromatic carbocycles. The number of benzene rings is 1. The molecule has 1 amide bonds. The van der Waals surface area contributed by atoms with Crippen LogP contribution in [0, 0.1) is 5.92 Å². The molecule has 0 aliphatic heterocycles. The summed E-state index contributed by atoms with van der Waals surface area (Å²) in [6.07, 6.45) is 1.14. The van der Waals surface area contributed by atoms with Gasteiger partial charge in [-0.1, -0.05) is 62.4 Å². The lowest BCUT2D eigenvalue weighted by molar-refractivity contribution is -0.311. The Labute approximate surface area is 180 Å².